The van der Waals surface area contributed by atoms with Crippen LogP contribution in [0.1, 0.15) is 36.6 Å². The number of fused-ring (bicyclic) bond motifs is 1. The maximum absolute atomic E-state index is 13.6. The van der Waals surface area contributed by atoms with Crippen molar-refractivity contribution in [2.24, 2.45) is 4.99 Å². The average Bonchev–Trinajstić information content (AvgIpc) is 3.13. The van der Waals surface area contributed by atoms with Gasteiger partial charge in [-0.2, -0.15) is 0 Å². The molecule has 8 nitrogen and oxygen atoms in total. The maximum atomic E-state index is 13.6. The highest BCUT2D eigenvalue weighted by atomic mass is 32.1. The van der Waals surface area contributed by atoms with Gasteiger partial charge >= 0.3 is 11.9 Å². The Kier molecular flexibility index (Phi) is 6.70. The van der Waals surface area contributed by atoms with E-state index in [1.807, 2.05) is 37.3 Å². The standard InChI is InChI=1S/C26H24N2O6S/c1-14-6-8-17(9-7-14)12-21-24(30)28-23(22(25(31)33-5)15(2)27-26(28)35-21)18-10-11-19(34-16(3)29)20(13-18)32-4/h6-13,23H,1-5H3/b21-12+. The number of aromatic nitrogens is 1. The van der Waals surface area contributed by atoms with Crippen LogP contribution >= 0.6 is 11.3 Å². The average molecular weight is 493 g/mol. The molecular weight excluding hydrogens is 468 g/mol. The quantitative estimate of drug-likeness (QED) is 0.401. The summed E-state index contributed by atoms with van der Waals surface area (Å²) in [6.07, 6.45) is 1.81. The van der Waals surface area contributed by atoms with Gasteiger partial charge < -0.3 is 14.2 Å². The Hall–Kier alpha value is -3.98. The Labute approximate surface area is 205 Å². The van der Waals surface area contributed by atoms with Gasteiger partial charge in [-0.05, 0) is 43.2 Å². The SMILES string of the molecule is COC(=O)C1=C(C)N=c2s/c(=C/c3ccc(C)cc3)c(=O)n2C1c1ccc(OC(C)=O)c(OC)c1. The van der Waals surface area contributed by atoms with Crippen LogP contribution in [0, 0.1) is 6.92 Å². The summed E-state index contributed by atoms with van der Waals surface area (Å²) < 4.78 is 17.6. The van der Waals surface area contributed by atoms with Gasteiger partial charge in [0.1, 0.15) is 0 Å². The molecule has 2 heterocycles. The van der Waals surface area contributed by atoms with E-state index in [-0.39, 0.29) is 16.9 Å². The minimum absolute atomic E-state index is 0.232. The van der Waals surface area contributed by atoms with Gasteiger partial charge in [0.25, 0.3) is 5.56 Å². The Bertz CT molecular complexity index is 1530. The van der Waals surface area contributed by atoms with Gasteiger partial charge in [0, 0.05) is 6.92 Å². The Morgan fingerprint density at radius 3 is 2.40 bits per heavy atom. The summed E-state index contributed by atoms with van der Waals surface area (Å²) in [7, 11) is 2.73. The molecule has 0 aliphatic carbocycles. The van der Waals surface area contributed by atoms with E-state index in [9.17, 15) is 14.4 Å². The molecule has 0 spiro atoms. The fraction of sp³-hybridized carbons (Fsp3) is 0.231. The fourth-order valence-corrected chi connectivity index (χ4v) is 4.96. The molecule has 0 saturated heterocycles. The van der Waals surface area contributed by atoms with Gasteiger partial charge in [0.2, 0.25) is 0 Å². The number of nitrogens with zero attached hydrogens (tertiary/aromatic N) is 2. The molecule has 4 rings (SSSR count). The number of methoxy groups -OCH3 is 2. The predicted molar refractivity (Wildman–Crippen MR) is 131 cm³/mol. The van der Waals surface area contributed by atoms with E-state index >= 15 is 0 Å². The number of hydrogen-bond acceptors (Lipinski definition) is 8. The Morgan fingerprint density at radius 1 is 1.06 bits per heavy atom. The lowest BCUT2D eigenvalue weighted by Crippen LogP contribution is -2.39. The summed E-state index contributed by atoms with van der Waals surface area (Å²) in [6.45, 7) is 5.00. The second-order valence-electron chi connectivity index (χ2n) is 7.99. The van der Waals surface area contributed by atoms with E-state index in [1.165, 1.54) is 37.0 Å². The van der Waals surface area contributed by atoms with Crippen LogP contribution in [0.2, 0.25) is 0 Å². The van der Waals surface area contributed by atoms with Crippen LogP contribution in [0.3, 0.4) is 0 Å². The van der Waals surface area contributed by atoms with Crippen molar-refractivity contribution < 1.29 is 23.8 Å². The van der Waals surface area contributed by atoms with Crippen LogP contribution in [-0.2, 0) is 14.3 Å². The van der Waals surface area contributed by atoms with Crippen molar-refractivity contribution >= 4 is 29.4 Å². The minimum atomic E-state index is -0.806. The van der Waals surface area contributed by atoms with Gasteiger partial charge in [-0.25, -0.2) is 9.79 Å². The van der Waals surface area contributed by atoms with Crippen LogP contribution in [0.25, 0.3) is 6.08 Å². The second-order valence-corrected chi connectivity index (χ2v) is 9.00. The first-order chi connectivity index (χ1) is 16.7. The third-order valence-corrected chi connectivity index (χ3v) is 6.54. The molecule has 180 valence electrons. The highest BCUT2D eigenvalue weighted by Crippen LogP contribution is 2.36. The number of thiazole rings is 1. The number of hydrogen-bond donors (Lipinski definition) is 0. The zero-order chi connectivity index (χ0) is 25.3. The molecular formula is C26H24N2O6S. The zero-order valence-electron chi connectivity index (χ0n) is 19.9. The van der Waals surface area contributed by atoms with Gasteiger partial charge in [-0.15, -0.1) is 0 Å². The second kappa shape index (κ2) is 9.71. The first-order valence-corrected chi connectivity index (χ1v) is 11.6. The minimum Gasteiger partial charge on any atom is -0.493 e. The summed E-state index contributed by atoms with van der Waals surface area (Å²) >= 11 is 1.25. The lowest BCUT2D eigenvalue weighted by molar-refractivity contribution is -0.136. The number of esters is 2. The molecule has 3 aromatic rings. The molecule has 1 aliphatic heterocycles. The van der Waals surface area contributed by atoms with Crippen LogP contribution in [0.4, 0.5) is 0 Å². The Balaban J connectivity index is 1.95. The molecule has 0 amide bonds. The van der Waals surface area contributed by atoms with E-state index in [4.69, 9.17) is 14.2 Å². The molecule has 2 aromatic carbocycles. The third-order valence-electron chi connectivity index (χ3n) is 5.56. The molecule has 35 heavy (non-hydrogen) atoms. The Morgan fingerprint density at radius 2 is 1.77 bits per heavy atom. The molecule has 0 fully saturated rings. The molecule has 1 aromatic heterocycles. The summed E-state index contributed by atoms with van der Waals surface area (Å²) in [6, 6.07) is 11.9. The maximum Gasteiger partial charge on any atom is 0.338 e. The van der Waals surface area contributed by atoms with Gasteiger partial charge in [0.05, 0.1) is 36.1 Å². The number of benzene rings is 2. The van der Waals surface area contributed by atoms with Gasteiger partial charge in [-0.3, -0.25) is 14.2 Å². The van der Waals surface area contributed by atoms with E-state index in [1.54, 1.807) is 25.1 Å². The van der Waals surface area contributed by atoms with Gasteiger partial charge in [0.15, 0.2) is 16.3 Å². The third kappa shape index (κ3) is 4.67. The molecule has 0 radical (unpaired) electrons. The van der Waals surface area contributed by atoms with Crippen LogP contribution in [0.5, 0.6) is 11.5 Å². The summed E-state index contributed by atoms with van der Waals surface area (Å²) in [5, 5.41) is 0. The molecule has 1 atom stereocenters. The zero-order valence-corrected chi connectivity index (χ0v) is 20.8. The predicted octanol–water partition coefficient (Wildman–Crippen LogP) is 2.65. The monoisotopic (exact) mass is 492 g/mol. The topological polar surface area (TPSA) is 96.2 Å². The first-order valence-electron chi connectivity index (χ1n) is 10.8. The van der Waals surface area contributed by atoms with Crippen molar-refractivity contribution in [2.75, 3.05) is 14.2 Å². The highest BCUT2D eigenvalue weighted by Gasteiger charge is 2.33. The number of carbonyl (C=O) groups is 2. The van der Waals surface area contributed by atoms with Crippen LogP contribution in [0.15, 0.2) is 63.5 Å². The molecule has 0 N–H and O–H groups in total. The number of allylic oxidation sites excluding steroid dienone is 1. The lowest BCUT2D eigenvalue weighted by Gasteiger charge is -2.25. The summed E-state index contributed by atoms with van der Waals surface area (Å²) in [4.78, 5) is 42.9. The molecule has 0 saturated carbocycles. The van der Waals surface area contributed by atoms with Crippen molar-refractivity contribution in [3.63, 3.8) is 0 Å². The fourth-order valence-electron chi connectivity index (χ4n) is 3.92. The number of ether oxygens (including phenoxy) is 3. The molecule has 9 heteroatoms. The van der Waals surface area contributed by atoms with E-state index in [2.05, 4.69) is 4.99 Å². The summed E-state index contributed by atoms with van der Waals surface area (Å²) in [5.74, 6) is -0.563. The van der Waals surface area contributed by atoms with E-state index in [0.717, 1.165) is 11.1 Å². The molecule has 1 aliphatic rings. The number of rotatable bonds is 5. The van der Waals surface area contributed by atoms with E-state index < -0.39 is 18.0 Å². The lowest BCUT2D eigenvalue weighted by atomic mass is 9.95. The normalized spacial score (nSPS) is 15.3. The van der Waals surface area contributed by atoms with Crippen molar-refractivity contribution in [1.29, 1.82) is 0 Å². The van der Waals surface area contributed by atoms with Crippen LogP contribution in [-0.4, -0.2) is 30.7 Å². The smallest absolute Gasteiger partial charge is 0.338 e. The number of aryl methyl sites for hydroxylation is 1. The van der Waals surface area contributed by atoms with Gasteiger partial charge in [-0.1, -0.05) is 47.2 Å². The van der Waals surface area contributed by atoms with Crippen molar-refractivity contribution in [3.8, 4) is 11.5 Å². The van der Waals surface area contributed by atoms with Crippen molar-refractivity contribution in [3.05, 3.63) is 90.1 Å². The van der Waals surface area contributed by atoms with E-state index in [0.29, 0.717) is 26.3 Å². The van der Waals surface area contributed by atoms with Crippen LogP contribution < -0.4 is 24.4 Å². The molecule has 1 unspecified atom stereocenters. The highest BCUT2D eigenvalue weighted by molar-refractivity contribution is 7.07. The largest absolute Gasteiger partial charge is 0.493 e. The van der Waals surface area contributed by atoms with Crippen molar-refractivity contribution in [1.82, 2.24) is 4.57 Å². The first kappa shape index (κ1) is 24.2. The van der Waals surface area contributed by atoms with Crippen molar-refractivity contribution in [2.45, 2.75) is 26.8 Å². The summed E-state index contributed by atoms with van der Waals surface area (Å²) in [5.41, 5.74) is 2.99. The number of carbonyl (C=O) groups excluding carboxylic acids is 2. The molecule has 0 bridgehead atoms.